The number of aromatic nitrogens is 2. The summed E-state index contributed by atoms with van der Waals surface area (Å²) in [5.74, 6) is 0.680. The van der Waals surface area contributed by atoms with E-state index in [1.807, 2.05) is 12.1 Å². The third-order valence-corrected chi connectivity index (χ3v) is 6.15. The van der Waals surface area contributed by atoms with Crippen LogP contribution < -0.4 is 10.6 Å². The lowest BCUT2D eigenvalue weighted by atomic mass is 9.96. The van der Waals surface area contributed by atoms with E-state index in [1.54, 1.807) is 53.4 Å². The molecule has 5 rings (SSSR count). The van der Waals surface area contributed by atoms with E-state index in [0.29, 0.717) is 54.6 Å². The summed E-state index contributed by atoms with van der Waals surface area (Å²) in [5, 5.41) is 9.58. The van der Waals surface area contributed by atoms with Crippen LogP contribution in [0.15, 0.2) is 75.9 Å². The largest absolute Gasteiger partial charge is 0.459 e. The number of furan rings is 1. The van der Waals surface area contributed by atoms with Gasteiger partial charge in [0.15, 0.2) is 5.76 Å². The number of benzene rings is 2. The Labute approximate surface area is 212 Å². The summed E-state index contributed by atoms with van der Waals surface area (Å²) in [6.45, 7) is 2.56. The fourth-order valence-electron chi connectivity index (χ4n) is 4.27. The van der Waals surface area contributed by atoms with Crippen molar-refractivity contribution in [3.05, 3.63) is 84.1 Å². The summed E-state index contributed by atoms with van der Waals surface area (Å²) < 4.78 is 10.6. The van der Waals surface area contributed by atoms with Crippen LogP contribution in [0.1, 0.15) is 52.5 Å². The van der Waals surface area contributed by atoms with E-state index in [0.717, 1.165) is 5.56 Å². The summed E-state index contributed by atoms with van der Waals surface area (Å²) in [7, 11) is 0. The molecule has 0 radical (unpaired) electrons. The first-order valence-corrected chi connectivity index (χ1v) is 11.9. The molecule has 0 unspecified atom stereocenters. The lowest BCUT2D eigenvalue weighted by molar-refractivity contribution is -0.114. The molecule has 0 aliphatic carbocycles. The molecule has 0 bridgehead atoms. The average molecular weight is 500 g/mol. The first kappa shape index (κ1) is 24.0. The highest BCUT2D eigenvalue weighted by Gasteiger charge is 2.28. The Bertz CT molecular complexity index is 1400. The molecule has 3 heterocycles. The highest BCUT2D eigenvalue weighted by molar-refractivity contribution is 6.03. The summed E-state index contributed by atoms with van der Waals surface area (Å²) in [5.41, 5.74) is 2.50. The predicted octanol–water partition coefficient (Wildman–Crippen LogP) is 4.56. The number of amides is 3. The molecular weight excluding hydrogens is 474 g/mol. The number of piperidine rings is 1. The quantitative estimate of drug-likeness (QED) is 0.398. The van der Waals surface area contributed by atoms with Crippen molar-refractivity contribution in [1.82, 2.24) is 15.0 Å². The zero-order chi connectivity index (χ0) is 25.8. The Hall–Kier alpha value is -4.73. The van der Waals surface area contributed by atoms with Gasteiger partial charge in [-0.15, -0.1) is 0 Å². The van der Waals surface area contributed by atoms with E-state index in [2.05, 4.69) is 20.8 Å². The topological polar surface area (TPSA) is 131 Å². The minimum Gasteiger partial charge on any atom is -0.459 e. The van der Waals surface area contributed by atoms with Gasteiger partial charge >= 0.3 is 0 Å². The Morgan fingerprint density at radius 3 is 2.43 bits per heavy atom. The van der Waals surface area contributed by atoms with Crippen molar-refractivity contribution in [3.63, 3.8) is 0 Å². The molecule has 1 saturated heterocycles. The number of carbonyl (C=O) groups is 3. The third-order valence-electron chi connectivity index (χ3n) is 6.15. The van der Waals surface area contributed by atoms with Crippen molar-refractivity contribution in [2.24, 2.45) is 0 Å². The van der Waals surface area contributed by atoms with E-state index < -0.39 is 0 Å². The van der Waals surface area contributed by atoms with Gasteiger partial charge in [-0.2, -0.15) is 4.98 Å². The average Bonchev–Trinajstić information content (AvgIpc) is 3.62. The molecule has 37 heavy (non-hydrogen) atoms. The zero-order valence-electron chi connectivity index (χ0n) is 20.1. The summed E-state index contributed by atoms with van der Waals surface area (Å²) in [4.78, 5) is 42.9. The Kier molecular flexibility index (Phi) is 6.80. The van der Waals surface area contributed by atoms with Gasteiger partial charge in [0.1, 0.15) is 0 Å². The van der Waals surface area contributed by atoms with Crippen LogP contribution in [0.5, 0.6) is 0 Å². The predicted molar refractivity (Wildman–Crippen MR) is 135 cm³/mol. The molecule has 10 nitrogen and oxygen atoms in total. The summed E-state index contributed by atoms with van der Waals surface area (Å²) in [6, 6.07) is 17.3. The van der Waals surface area contributed by atoms with Gasteiger partial charge in [-0.1, -0.05) is 11.2 Å². The van der Waals surface area contributed by atoms with Crippen LogP contribution in [-0.2, 0) is 4.79 Å². The third kappa shape index (κ3) is 5.58. The van der Waals surface area contributed by atoms with Crippen LogP contribution in [0.3, 0.4) is 0 Å². The highest BCUT2D eigenvalue weighted by Crippen LogP contribution is 2.29. The molecule has 10 heteroatoms. The van der Waals surface area contributed by atoms with E-state index in [-0.39, 0.29) is 29.4 Å². The van der Waals surface area contributed by atoms with Gasteiger partial charge < -0.3 is 24.5 Å². The number of rotatable bonds is 6. The van der Waals surface area contributed by atoms with Crippen molar-refractivity contribution in [2.45, 2.75) is 25.7 Å². The van der Waals surface area contributed by atoms with Gasteiger partial charge in [0.25, 0.3) is 11.8 Å². The van der Waals surface area contributed by atoms with Crippen molar-refractivity contribution in [2.75, 3.05) is 23.7 Å². The summed E-state index contributed by atoms with van der Waals surface area (Å²) in [6.07, 6.45) is 2.83. The maximum absolute atomic E-state index is 13.1. The number of carbonyl (C=O) groups excluding carboxylic acids is 3. The smallest absolute Gasteiger partial charge is 0.291 e. The fourth-order valence-corrected chi connectivity index (χ4v) is 4.27. The normalized spacial score (nSPS) is 13.8. The lowest BCUT2D eigenvalue weighted by Gasteiger charge is -2.30. The molecule has 0 atom stereocenters. The second kappa shape index (κ2) is 10.5. The molecular formula is C27H25N5O5. The molecule has 0 saturated carbocycles. The first-order valence-electron chi connectivity index (χ1n) is 11.9. The van der Waals surface area contributed by atoms with E-state index >= 15 is 0 Å². The molecule has 4 aromatic rings. The highest BCUT2D eigenvalue weighted by atomic mass is 16.5. The van der Waals surface area contributed by atoms with Crippen LogP contribution >= 0.6 is 0 Å². The van der Waals surface area contributed by atoms with Crippen LogP contribution in [0.2, 0.25) is 0 Å². The summed E-state index contributed by atoms with van der Waals surface area (Å²) >= 11 is 0. The molecule has 2 aromatic heterocycles. The Morgan fingerprint density at radius 1 is 0.946 bits per heavy atom. The maximum atomic E-state index is 13.1. The molecule has 1 aliphatic heterocycles. The molecule has 2 aromatic carbocycles. The minimum absolute atomic E-state index is 0.0582. The number of anilines is 2. The lowest BCUT2D eigenvalue weighted by Crippen LogP contribution is -2.38. The minimum atomic E-state index is -0.377. The number of hydrogen-bond donors (Lipinski definition) is 2. The Balaban J connectivity index is 1.18. The van der Waals surface area contributed by atoms with E-state index in [4.69, 9.17) is 8.94 Å². The number of likely N-dealkylation sites (tertiary alicyclic amines) is 1. The molecule has 3 amide bonds. The Morgan fingerprint density at radius 2 is 1.73 bits per heavy atom. The van der Waals surface area contributed by atoms with Gasteiger partial charge in [-0.05, 0) is 67.4 Å². The first-order chi connectivity index (χ1) is 18.0. The van der Waals surface area contributed by atoms with Crippen molar-refractivity contribution < 1.29 is 23.3 Å². The van der Waals surface area contributed by atoms with Crippen molar-refractivity contribution >= 4 is 29.1 Å². The monoisotopic (exact) mass is 499 g/mol. The van der Waals surface area contributed by atoms with Gasteiger partial charge in [0.05, 0.1) is 6.26 Å². The number of hydrogen-bond acceptors (Lipinski definition) is 7. The van der Waals surface area contributed by atoms with Gasteiger partial charge in [0.2, 0.25) is 17.6 Å². The van der Waals surface area contributed by atoms with E-state index in [9.17, 15) is 14.4 Å². The molecule has 1 fully saturated rings. The SMILES string of the molecule is CC(=O)Nc1ccc(-c2noc(C3CCN(C(=O)c4cccc(NC(=O)c5ccco5)c4)CC3)n2)cc1. The number of nitrogens with one attached hydrogen (secondary N) is 2. The standard InChI is InChI=1S/C27H25N5O5/c1-17(33)28-21-9-7-18(8-10-21)24-30-26(37-31-24)19-11-13-32(14-12-19)27(35)20-4-2-5-22(16-20)29-25(34)23-6-3-15-36-23/h2-10,15-16,19H,11-14H2,1H3,(H,28,33)(H,29,34). The van der Waals surface area contributed by atoms with Crippen molar-refractivity contribution in [3.8, 4) is 11.4 Å². The maximum Gasteiger partial charge on any atom is 0.291 e. The van der Waals surface area contributed by atoms with Gasteiger partial charge in [-0.3, -0.25) is 14.4 Å². The second-order valence-corrected chi connectivity index (χ2v) is 8.79. The van der Waals surface area contributed by atoms with Crippen LogP contribution in [0.4, 0.5) is 11.4 Å². The molecule has 0 spiro atoms. The molecule has 1 aliphatic rings. The van der Waals surface area contributed by atoms with Crippen LogP contribution in [0, 0.1) is 0 Å². The zero-order valence-corrected chi connectivity index (χ0v) is 20.1. The molecule has 188 valence electrons. The second-order valence-electron chi connectivity index (χ2n) is 8.79. The number of nitrogens with zero attached hydrogens (tertiary/aromatic N) is 3. The van der Waals surface area contributed by atoms with Crippen molar-refractivity contribution in [1.29, 1.82) is 0 Å². The van der Waals surface area contributed by atoms with Crippen LogP contribution in [0.25, 0.3) is 11.4 Å². The fraction of sp³-hybridized carbons (Fsp3) is 0.222. The van der Waals surface area contributed by atoms with Crippen LogP contribution in [-0.4, -0.2) is 45.9 Å². The van der Waals surface area contributed by atoms with Gasteiger partial charge in [0, 0.05) is 48.4 Å². The molecule has 2 N–H and O–H groups in total. The van der Waals surface area contributed by atoms with E-state index in [1.165, 1.54) is 13.2 Å². The van der Waals surface area contributed by atoms with Gasteiger partial charge in [-0.25, -0.2) is 0 Å².